The third-order valence-corrected chi connectivity index (χ3v) is 3.54. The number of rotatable bonds is 3. The van der Waals surface area contributed by atoms with Gasteiger partial charge in [0.2, 0.25) is 0 Å². The van der Waals surface area contributed by atoms with E-state index in [1.165, 1.54) is 24.3 Å². The Labute approximate surface area is 126 Å². The van der Waals surface area contributed by atoms with Crippen LogP contribution in [0.1, 0.15) is 21.5 Å². The zero-order valence-electron chi connectivity index (χ0n) is 10.5. The van der Waals surface area contributed by atoms with Crippen LogP contribution in [0.2, 0.25) is 0 Å². The van der Waals surface area contributed by atoms with Crippen molar-refractivity contribution in [2.75, 3.05) is 0 Å². The zero-order chi connectivity index (χ0) is 15.6. The van der Waals surface area contributed by atoms with Crippen molar-refractivity contribution in [1.29, 1.82) is 0 Å². The van der Waals surface area contributed by atoms with E-state index in [-0.39, 0.29) is 16.5 Å². The van der Waals surface area contributed by atoms with Gasteiger partial charge in [0.1, 0.15) is 5.82 Å². The molecule has 0 saturated heterocycles. The van der Waals surface area contributed by atoms with E-state index in [1.807, 2.05) is 0 Å². The van der Waals surface area contributed by atoms with Crippen LogP contribution < -0.4 is 0 Å². The van der Waals surface area contributed by atoms with E-state index in [9.17, 15) is 22.4 Å². The standard InChI is InChI=1S/C15H9BrF4O/c16-13-5-4-10(15(18,19)20)8-12(13)14(21)7-9-2-1-3-11(17)6-9/h1-6,8H,7H2. The Bertz CT molecular complexity index is 680. The van der Waals surface area contributed by atoms with Crippen molar-refractivity contribution in [2.24, 2.45) is 0 Å². The number of carbonyl (C=O) groups is 1. The lowest BCUT2D eigenvalue weighted by atomic mass is 10.0. The minimum absolute atomic E-state index is 0.0749. The molecule has 0 aromatic heterocycles. The first-order valence-electron chi connectivity index (χ1n) is 5.92. The molecule has 21 heavy (non-hydrogen) atoms. The summed E-state index contributed by atoms with van der Waals surface area (Å²) >= 11 is 3.06. The highest BCUT2D eigenvalue weighted by Gasteiger charge is 2.31. The molecular weight excluding hydrogens is 352 g/mol. The fourth-order valence-corrected chi connectivity index (χ4v) is 2.31. The van der Waals surface area contributed by atoms with Gasteiger partial charge in [0.15, 0.2) is 5.78 Å². The Morgan fingerprint density at radius 3 is 2.43 bits per heavy atom. The highest BCUT2D eigenvalue weighted by atomic mass is 79.9. The van der Waals surface area contributed by atoms with Gasteiger partial charge in [0, 0.05) is 16.5 Å². The molecule has 0 aliphatic carbocycles. The number of alkyl halides is 3. The van der Waals surface area contributed by atoms with Crippen molar-refractivity contribution >= 4 is 21.7 Å². The van der Waals surface area contributed by atoms with Crippen molar-refractivity contribution in [2.45, 2.75) is 12.6 Å². The molecule has 1 nitrogen and oxygen atoms in total. The molecular formula is C15H9BrF4O. The molecule has 0 amide bonds. The first kappa shape index (κ1) is 15.7. The molecule has 0 heterocycles. The van der Waals surface area contributed by atoms with Crippen molar-refractivity contribution < 1.29 is 22.4 Å². The predicted molar refractivity (Wildman–Crippen MR) is 73.6 cm³/mol. The van der Waals surface area contributed by atoms with Crippen molar-refractivity contribution in [3.63, 3.8) is 0 Å². The smallest absolute Gasteiger partial charge is 0.294 e. The Balaban J connectivity index is 2.31. The average molecular weight is 361 g/mol. The molecule has 0 bridgehead atoms. The van der Waals surface area contributed by atoms with Gasteiger partial charge in [0.25, 0.3) is 0 Å². The number of ketones is 1. The van der Waals surface area contributed by atoms with Gasteiger partial charge >= 0.3 is 6.18 Å². The van der Waals surface area contributed by atoms with E-state index in [4.69, 9.17) is 0 Å². The first-order valence-corrected chi connectivity index (χ1v) is 6.71. The van der Waals surface area contributed by atoms with Crippen molar-refractivity contribution in [1.82, 2.24) is 0 Å². The average Bonchev–Trinajstić information content (AvgIpc) is 2.37. The maximum absolute atomic E-state index is 13.1. The molecule has 2 rings (SSSR count). The summed E-state index contributed by atoms with van der Waals surface area (Å²) in [6.45, 7) is 0. The number of hydrogen-bond donors (Lipinski definition) is 0. The second-order valence-corrected chi connectivity index (χ2v) is 5.28. The molecule has 0 atom stereocenters. The van der Waals surface area contributed by atoms with Gasteiger partial charge in [-0.3, -0.25) is 4.79 Å². The molecule has 0 spiro atoms. The SMILES string of the molecule is O=C(Cc1cccc(F)c1)c1cc(C(F)(F)F)ccc1Br. The summed E-state index contributed by atoms with van der Waals surface area (Å²) < 4.78 is 51.3. The van der Waals surface area contributed by atoms with Gasteiger partial charge < -0.3 is 0 Å². The van der Waals surface area contributed by atoms with E-state index in [1.54, 1.807) is 6.07 Å². The molecule has 0 radical (unpaired) electrons. The van der Waals surface area contributed by atoms with E-state index in [0.717, 1.165) is 12.1 Å². The third-order valence-electron chi connectivity index (χ3n) is 2.85. The molecule has 0 aliphatic heterocycles. The van der Waals surface area contributed by atoms with Crippen LogP contribution in [0.4, 0.5) is 17.6 Å². The molecule has 6 heteroatoms. The van der Waals surface area contributed by atoms with Crippen LogP contribution in [0.15, 0.2) is 46.9 Å². The minimum atomic E-state index is -4.52. The maximum Gasteiger partial charge on any atom is 0.416 e. The Kier molecular flexibility index (Phi) is 4.46. The van der Waals surface area contributed by atoms with Crippen LogP contribution in [-0.2, 0) is 12.6 Å². The second-order valence-electron chi connectivity index (χ2n) is 4.42. The van der Waals surface area contributed by atoms with Crippen LogP contribution in [0.3, 0.4) is 0 Å². The fraction of sp³-hybridized carbons (Fsp3) is 0.133. The normalized spacial score (nSPS) is 11.5. The summed E-state index contributed by atoms with van der Waals surface area (Å²) in [5, 5.41) is 0. The summed E-state index contributed by atoms with van der Waals surface area (Å²) in [6, 6.07) is 8.27. The zero-order valence-corrected chi connectivity index (χ0v) is 12.1. The molecule has 0 saturated carbocycles. The minimum Gasteiger partial charge on any atom is -0.294 e. The lowest BCUT2D eigenvalue weighted by molar-refractivity contribution is -0.137. The Morgan fingerprint density at radius 1 is 1.10 bits per heavy atom. The molecule has 110 valence electrons. The van der Waals surface area contributed by atoms with Crippen molar-refractivity contribution in [3.8, 4) is 0 Å². The van der Waals surface area contributed by atoms with Gasteiger partial charge in [-0.05, 0) is 35.9 Å². The van der Waals surface area contributed by atoms with Gasteiger partial charge in [0.05, 0.1) is 5.56 Å². The topological polar surface area (TPSA) is 17.1 Å². The van der Waals surface area contributed by atoms with Crippen LogP contribution in [0.5, 0.6) is 0 Å². The number of hydrogen-bond acceptors (Lipinski definition) is 1. The lowest BCUT2D eigenvalue weighted by Gasteiger charge is -2.10. The molecule has 0 aliphatic rings. The van der Waals surface area contributed by atoms with Crippen LogP contribution in [0, 0.1) is 5.82 Å². The highest BCUT2D eigenvalue weighted by molar-refractivity contribution is 9.10. The van der Waals surface area contributed by atoms with Crippen LogP contribution in [0.25, 0.3) is 0 Å². The number of Topliss-reactive ketones (excluding diaryl/α,β-unsaturated/α-hetero) is 1. The summed E-state index contributed by atoms with van der Waals surface area (Å²) in [5.74, 6) is -1.01. The summed E-state index contributed by atoms with van der Waals surface area (Å²) in [5.41, 5.74) is -0.563. The van der Waals surface area contributed by atoms with E-state index < -0.39 is 23.3 Å². The summed E-state index contributed by atoms with van der Waals surface area (Å²) in [7, 11) is 0. The largest absolute Gasteiger partial charge is 0.416 e. The molecule has 2 aromatic rings. The molecule has 0 fully saturated rings. The van der Waals surface area contributed by atoms with E-state index in [2.05, 4.69) is 15.9 Å². The summed E-state index contributed by atoms with van der Waals surface area (Å²) in [6.07, 6.45) is -4.69. The second kappa shape index (κ2) is 5.97. The maximum atomic E-state index is 13.1. The van der Waals surface area contributed by atoms with Gasteiger partial charge in [-0.25, -0.2) is 4.39 Å². The monoisotopic (exact) mass is 360 g/mol. The van der Waals surface area contributed by atoms with Crippen LogP contribution >= 0.6 is 15.9 Å². The number of halogens is 5. The quantitative estimate of drug-likeness (QED) is 0.554. The number of carbonyl (C=O) groups excluding carboxylic acids is 1. The first-order chi connectivity index (χ1) is 9.77. The lowest BCUT2D eigenvalue weighted by Crippen LogP contribution is -2.10. The van der Waals surface area contributed by atoms with Gasteiger partial charge in [-0.15, -0.1) is 0 Å². The fourth-order valence-electron chi connectivity index (χ4n) is 1.84. The Morgan fingerprint density at radius 2 is 1.81 bits per heavy atom. The van der Waals surface area contributed by atoms with Crippen molar-refractivity contribution in [3.05, 3.63) is 69.4 Å². The third kappa shape index (κ3) is 3.91. The van der Waals surface area contributed by atoms with E-state index >= 15 is 0 Å². The van der Waals surface area contributed by atoms with Gasteiger partial charge in [-0.1, -0.05) is 28.1 Å². The van der Waals surface area contributed by atoms with Crippen LogP contribution in [-0.4, -0.2) is 5.78 Å². The highest BCUT2D eigenvalue weighted by Crippen LogP contribution is 2.32. The molecule has 0 unspecified atom stereocenters. The molecule has 2 aromatic carbocycles. The van der Waals surface area contributed by atoms with Gasteiger partial charge in [-0.2, -0.15) is 13.2 Å². The Hall–Kier alpha value is -1.69. The predicted octanol–water partition coefficient (Wildman–Crippen LogP) is 5.03. The number of benzene rings is 2. The molecule has 0 N–H and O–H groups in total. The summed E-state index contributed by atoms with van der Waals surface area (Å²) in [4.78, 5) is 12.1. The van der Waals surface area contributed by atoms with E-state index in [0.29, 0.717) is 5.56 Å².